The van der Waals surface area contributed by atoms with Gasteiger partial charge in [0.05, 0.1) is 6.54 Å². The molecule has 0 spiro atoms. The highest BCUT2D eigenvalue weighted by Gasteiger charge is 2.18. The maximum atomic E-state index is 12.3. The Morgan fingerprint density at radius 2 is 1.78 bits per heavy atom. The summed E-state index contributed by atoms with van der Waals surface area (Å²) in [5, 5.41) is 3.06. The Morgan fingerprint density at radius 1 is 1.13 bits per heavy atom. The van der Waals surface area contributed by atoms with Crippen LogP contribution < -0.4 is 5.32 Å². The SMILES string of the molecule is CCc1ccccc1NC(=O)CN1CCN(CC=C(C)C)CC1. The minimum absolute atomic E-state index is 0.0867. The third-order valence-electron chi connectivity index (χ3n) is 4.26. The number of hydrogen-bond acceptors (Lipinski definition) is 3. The van der Waals surface area contributed by atoms with E-state index in [2.05, 4.69) is 48.0 Å². The highest BCUT2D eigenvalue weighted by molar-refractivity contribution is 5.93. The minimum atomic E-state index is 0.0867. The molecule has 4 heteroatoms. The van der Waals surface area contributed by atoms with Gasteiger partial charge in [0.15, 0.2) is 0 Å². The third-order valence-corrected chi connectivity index (χ3v) is 4.26. The van der Waals surface area contributed by atoms with E-state index in [0.29, 0.717) is 6.54 Å². The number of hydrogen-bond donors (Lipinski definition) is 1. The van der Waals surface area contributed by atoms with E-state index in [0.717, 1.165) is 44.8 Å². The molecular formula is C19H29N3O. The smallest absolute Gasteiger partial charge is 0.238 e. The van der Waals surface area contributed by atoms with Crippen LogP contribution in [0.25, 0.3) is 0 Å². The van der Waals surface area contributed by atoms with Crippen LogP contribution >= 0.6 is 0 Å². The van der Waals surface area contributed by atoms with Crippen molar-refractivity contribution >= 4 is 11.6 Å². The van der Waals surface area contributed by atoms with Gasteiger partial charge >= 0.3 is 0 Å². The first kappa shape index (κ1) is 17.7. The van der Waals surface area contributed by atoms with Crippen molar-refractivity contribution < 1.29 is 4.79 Å². The molecule has 0 unspecified atom stereocenters. The molecule has 1 aliphatic heterocycles. The second kappa shape index (κ2) is 8.85. The fraction of sp³-hybridized carbons (Fsp3) is 0.526. The molecule has 1 heterocycles. The molecule has 0 atom stereocenters. The Labute approximate surface area is 140 Å². The van der Waals surface area contributed by atoms with Crippen LogP contribution in [0.1, 0.15) is 26.3 Å². The quantitative estimate of drug-likeness (QED) is 0.820. The number of piperazine rings is 1. The molecule has 126 valence electrons. The van der Waals surface area contributed by atoms with Crippen LogP contribution in [0.15, 0.2) is 35.9 Å². The molecule has 0 saturated carbocycles. The van der Waals surface area contributed by atoms with Crippen molar-refractivity contribution in [1.29, 1.82) is 0 Å². The van der Waals surface area contributed by atoms with Gasteiger partial charge in [-0.1, -0.05) is 36.8 Å². The molecule has 1 amide bonds. The first-order chi connectivity index (χ1) is 11.1. The lowest BCUT2D eigenvalue weighted by molar-refractivity contribution is -0.117. The van der Waals surface area contributed by atoms with Crippen LogP contribution in [-0.4, -0.2) is 55.0 Å². The second-order valence-corrected chi connectivity index (χ2v) is 6.42. The van der Waals surface area contributed by atoms with Gasteiger partial charge in [0.25, 0.3) is 0 Å². The lowest BCUT2D eigenvalue weighted by atomic mass is 10.1. The lowest BCUT2D eigenvalue weighted by Crippen LogP contribution is -2.48. The third kappa shape index (κ3) is 5.81. The largest absolute Gasteiger partial charge is 0.325 e. The number of carbonyl (C=O) groups is 1. The van der Waals surface area contributed by atoms with Gasteiger partial charge in [-0.05, 0) is 31.9 Å². The summed E-state index contributed by atoms with van der Waals surface area (Å²) in [6, 6.07) is 8.03. The Balaban J connectivity index is 1.78. The number of para-hydroxylation sites is 1. The van der Waals surface area contributed by atoms with Gasteiger partial charge in [-0.25, -0.2) is 0 Å². The maximum absolute atomic E-state index is 12.3. The number of carbonyl (C=O) groups excluding carboxylic acids is 1. The van der Waals surface area contributed by atoms with Crippen molar-refractivity contribution in [3.05, 3.63) is 41.5 Å². The first-order valence-electron chi connectivity index (χ1n) is 8.54. The van der Waals surface area contributed by atoms with Crippen molar-refractivity contribution in [3.63, 3.8) is 0 Å². The number of allylic oxidation sites excluding steroid dienone is 1. The zero-order valence-corrected chi connectivity index (χ0v) is 14.6. The van der Waals surface area contributed by atoms with Gasteiger partial charge < -0.3 is 5.32 Å². The van der Waals surface area contributed by atoms with Crippen molar-refractivity contribution in [2.75, 3.05) is 44.6 Å². The average Bonchev–Trinajstić information content (AvgIpc) is 2.54. The van der Waals surface area contributed by atoms with Gasteiger partial charge in [0.1, 0.15) is 0 Å². The van der Waals surface area contributed by atoms with E-state index < -0.39 is 0 Å². The van der Waals surface area contributed by atoms with E-state index in [1.54, 1.807) is 0 Å². The molecule has 1 N–H and O–H groups in total. The topological polar surface area (TPSA) is 35.6 Å². The fourth-order valence-corrected chi connectivity index (χ4v) is 2.79. The van der Waals surface area contributed by atoms with E-state index in [9.17, 15) is 4.79 Å². The van der Waals surface area contributed by atoms with E-state index in [4.69, 9.17) is 0 Å². The number of aryl methyl sites for hydroxylation is 1. The van der Waals surface area contributed by atoms with Gasteiger partial charge in [0, 0.05) is 38.4 Å². The predicted octanol–water partition coefficient (Wildman–Crippen LogP) is 2.77. The first-order valence-corrected chi connectivity index (χ1v) is 8.54. The Morgan fingerprint density at radius 3 is 2.43 bits per heavy atom. The summed E-state index contributed by atoms with van der Waals surface area (Å²) in [7, 11) is 0. The summed E-state index contributed by atoms with van der Waals surface area (Å²) < 4.78 is 0. The number of benzene rings is 1. The number of amides is 1. The van der Waals surface area contributed by atoms with E-state index in [1.165, 1.54) is 11.1 Å². The number of nitrogens with zero attached hydrogens (tertiary/aromatic N) is 2. The molecular weight excluding hydrogens is 286 g/mol. The standard InChI is InChI=1S/C19H29N3O/c1-4-17-7-5-6-8-18(17)20-19(23)15-22-13-11-21(12-14-22)10-9-16(2)3/h5-9H,4,10-15H2,1-3H3,(H,20,23). The van der Waals surface area contributed by atoms with Crippen LogP contribution in [0.5, 0.6) is 0 Å². The van der Waals surface area contributed by atoms with Crippen molar-refractivity contribution in [3.8, 4) is 0 Å². The summed E-state index contributed by atoms with van der Waals surface area (Å²) in [5.41, 5.74) is 3.50. The zero-order chi connectivity index (χ0) is 16.7. The van der Waals surface area contributed by atoms with E-state index in [1.807, 2.05) is 18.2 Å². The minimum Gasteiger partial charge on any atom is -0.325 e. The molecule has 4 nitrogen and oxygen atoms in total. The highest BCUT2D eigenvalue weighted by Crippen LogP contribution is 2.15. The number of rotatable bonds is 6. The average molecular weight is 315 g/mol. The predicted molar refractivity (Wildman–Crippen MR) is 96.8 cm³/mol. The summed E-state index contributed by atoms with van der Waals surface area (Å²) in [6.45, 7) is 11.9. The molecule has 0 radical (unpaired) electrons. The summed E-state index contributed by atoms with van der Waals surface area (Å²) >= 11 is 0. The van der Waals surface area contributed by atoms with Crippen molar-refractivity contribution in [1.82, 2.24) is 9.80 Å². The maximum Gasteiger partial charge on any atom is 0.238 e. The van der Waals surface area contributed by atoms with Crippen LogP contribution in [0.2, 0.25) is 0 Å². The van der Waals surface area contributed by atoms with Crippen molar-refractivity contribution in [2.45, 2.75) is 27.2 Å². The summed E-state index contributed by atoms with van der Waals surface area (Å²) in [5.74, 6) is 0.0867. The number of nitrogens with one attached hydrogen (secondary N) is 1. The highest BCUT2D eigenvalue weighted by atomic mass is 16.2. The van der Waals surface area contributed by atoms with E-state index >= 15 is 0 Å². The second-order valence-electron chi connectivity index (χ2n) is 6.42. The fourth-order valence-electron chi connectivity index (χ4n) is 2.79. The summed E-state index contributed by atoms with van der Waals surface area (Å²) in [4.78, 5) is 16.9. The molecule has 1 saturated heterocycles. The van der Waals surface area contributed by atoms with Crippen LogP contribution in [-0.2, 0) is 11.2 Å². The van der Waals surface area contributed by atoms with Crippen molar-refractivity contribution in [2.24, 2.45) is 0 Å². The normalized spacial score (nSPS) is 16.1. The molecule has 1 aromatic rings. The van der Waals surface area contributed by atoms with Crippen LogP contribution in [0, 0.1) is 0 Å². The zero-order valence-electron chi connectivity index (χ0n) is 14.6. The molecule has 23 heavy (non-hydrogen) atoms. The lowest BCUT2D eigenvalue weighted by Gasteiger charge is -2.33. The van der Waals surface area contributed by atoms with Gasteiger partial charge in [-0.3, -0.25) is 14.6 Å². The molecule has 0 aromatic heterocycles. The van der Waals surface area contributed by atoms with Gasteiger partial charge in [-0.15, -0.1) is 0 Å². The van der Waals surface area contributed by atoms with Gasteiger partial charge in [0.2, 0.25) is 5.91 Å². The van der Waals surface area contributed by atoms with E-state index in [-0.39, 0.29) is 5.91 Å². The number of anilines is 1. The summed E-state index contributed by atoms with van der Waals surface area (Å²) in [6.07, 6.45) is 3.20. The van der Waals surface area contributed by atoms with Crippen LogP contribution in [0.3, 0.4) is 0 Å². The Bertz CT molecular complexity index is 541. The van der Waals surface area contributed by atoms with Crippen LogP contribution in [0.4, 0.5) is 5.69 Å². The molecule has 2 rings (SSSR count). The molecule has 0 bridgehead atoms. The molecule has 1 fully saturated rings. The molecule has 1 aromatic carbocycles. The Kier molecular flexibility index (Phi) is 6.81. The Hall–Kier alpha value is -1.65. The molecule has 1 aliphatic rings. The molecule has 0 aliphatic carbocycles. The monoisotopic (exact) mass is 315 g/mol. The van der Waals surface area contributed by atoms with Gasteiger partial charge in [-0.2, -0.15) is 0 Å².